The number of benzene rings is 1. The van der Waals surface area contributed by atoms with Crippen molar-refractivity contribution in [2.24, 2.45) is 4.99 Å². The normalized spacial score (nSPS) is 12.8. The maximum Gasteiger partial charge on any atom is 0.408 e. The molecule has 0 saturated heterocycles. The molecule has 0 aliphatic carbocycles. The summed E-state index contributed by atoms with van der Waals surface area (Å²) in [6.45, 7) is 4.81. The molecule has 0 radical (unpaired) electrons. The topological polar surface area (TPSA) is 136 Å². The molecule has 1 aliphatic heterocycles. The zero-order valence-corrected chi connectivity index (χ0v) is 23.6. The van der Waals surface area contributed by atoms with Gasteiger partial charge < -0.3 is 29.7 Å². The van der Waals surface area contributed by atoms with Crippen LogP contribution < -0.4 is 10.6 Å². The molecular weight excluding hydrogens is 516 g/mol. The Morgan fingerprint density at radius 2 is 1.73 bits per heavy atom. The molecule has 2 rings (SSSR count). The average molecular weight is 557 g/mol. The van der Waals surface area contributed by atoms with Crippen LogP contribution in [0.3, 0.4) is 0 Å². The second kappa shape index (κ2) is 20.7. The van der Waals surface area contributed by atoms with E-state index >= 15 is 0 Å². The Morgan fingerprint density at radius 1 is 1.02 bits per heavy atom. The summed E-state index contributed by atoms with van der Waals surface area (Å²) >= 11 is 0. The van der Waals surface area contributed by atoms with Crippen molar-refractivity contribution in [1.82, 2.24) is 15.5 Å². The van der Waals surface area contributed by atoms with Gasteiger partial charge in [0.2, 0.25) is 5.91 Å². The summed E-state index contributed by atoms with van der Waals surface area (Å²) in [4.78, 5) is 53.3. The standard InChI is InChI=1S/C22H27N3O5.C7H13NO2/c1-3-4-13-25(15-20(26)29-2)21(27)19(14-18-11-8-12-23-18)24-22(28)30-16-17-9-6-5-7-10-17;1-3-4-5-8-6-7(9)10-2/h3-7,9-12,19H,8,13-16H2,1-2H3,(H,24,28);3-4,8H,5-6H2,1-2H3/b2*4-3+/t19-;/m0./s1. The zero-order chi connectivity index (χ0) is 29.6. The summed E-state index contributed by atoms with van der Waals surface area (Å²) in [7, 11) is 2.63. The third-order valence-electron chi connectivity index (χ3n) is 5.35. The molecule has 0 aromatic heterocycles. The van der Waals surface area contributed by atoms with Gasteiger partial charge in [-0.15, -0.1) is 0 Å². The Labute approximate surface area is 235 Å². The van der Waals surface area contributed by atoms with Gasteiger partial charge in [-0.25, -0.2) is 4.79 Å². The van der Waals surface area contributed by atoms with Crippen molar-refractivity contribution >= 4 is 30.2 Å². The van der Waals surface area contributed by atoms with Crippen LogP contribution >= 0.6 is 0 Å². The highest BCUT2D eigenvalue weighted by Gasteiger charge is 2.29. The molecule has 218 valence electrons. The molecule has 0 fully saturated rings. The quantitative estimate of drug-likeness (QED) is 0.155. The van der Waals surface area contributed by atoms with Crippen LogP contribution in [-0.4, -0.2) is 81.5 Å². The molecular formula is C29H40N4O7. The third kappa shape index (κ3) is 14.6. The number of methoxy groups -OCH3 is 2. The molecule has 1 aromatic carbocycles. The number of rotatable bonds is 14. The molecule has 1 aliphatic rings. The fourth-order valence-electron chi connectivity index (χ4n) is 3.22. The first-order valence-corrected chi connectivity index (χ1v) is 12.9. The van der Waals surface area contributed by atoms with Gasteiger partial charge in [-0.2, -0.15) is 0 Å². The van der Waals surface area contributed by atoms with E-state index in [-0.39, 0.29) is 38.6 Å². The lowest BCUT2D eigenvalue weighted by Gasteiger charge is -2.26. The fourth-order valence-corrected chi connectivity index (χ4v) is 3.22. The predicted octanol–water partition coefficient (Wildman–Crippen LogP) is 2.93. The predicted molar refractivity (Wildman–Crippen MR) is 152 cm³/mol. The summed E-state index contributed by atoms with van der Waals surface area (Å²) in [6.07, 6.45) is 11.2. The number of alkyl carbamates (subject to hydrolysis) is 1. The van der Waals surface area contributed by atoms with Crippen LogP contribution in [0.4, 0.5) is 4.79 Å². The van der Waals surface area contributed by atoms with Gasteiger partial charge in [0, 0.05) is 37.8 Å². The minimum atomic E-state index is -0.926. The number of hydrogen-bond acceptors (Lipinski definition) is 9. The van der Waals surface area contributed by atoms with Gasteiger partial charge >= 0.3 is 18.0 Å². The molecule has 1 heterocycles. The summed E-state index contributed by atoms with van der Waals surface area (Å²) in [6, 6.07) is 8.31. The highest BCUT2D eigenvalue weighted by Crippen LogP contribution is 2.15. The Morgan fingerprint density at radius 3 is 2.33 bits per heavy atom. The first-order chi connectivity index (χ1) is 19.3. The maximum atomic E-state index is 13.1. The van der Waals surface area contributed by atoms with Gasteiger partial charge in [-0.1, -0.05) is 60.7 Å². The number of hydrogen-bond donors (Lipinski definition) is 2. The van der Waals surface area contributed by atoms with Crippen LogP contribution in [0, 0.1) is 0 Å². The minimum Gasteiger partial charge on any atom is -0.468 e. The van der Waals surface area contributed by atoms with Crippen molar-refractivity contribution in [2.75, 3.05) is 40.4 Å². The van der Waals surface area contributed by atoms with Gasteiger partial charge in [0.1, 0.15) is 19.2 Å². The number of esters is 2. The van der Waals surface area contributed by atoms with E-state index in [1.807, 2.05) is 62.4 Å². The molecule has 40 heavy (non-hydrogen) atoms. The Balaban J connectivity index is 0.000000680. The molecule has 2 N–H and O–H groups in total. The Bertz CT molecular complexity index is 1050. The van der Waals surface area contributed by atoms with Crippen LogP contribution in [0.25, 0.3) is 0 Å². The number of nitrogens with one attached hydrogen (secondary N) is 2. The number of aliphatic imine (C=N–C) groups is 1. The molecule has 11 heteroatoms. The number of ether oxygens (including phenoxy) is 3. The van der Waals surface area contributed by atoms with Gasteiger partial charge in [-0.3, -0.25) is 19.4 Å². The lowest BCUT2D eigenvalue weighted by molar-refractivity contribution is -0.147. The van der Waals surface area contributed by atoms with E-state index in [1.54, 1.807) is 18.4 Å². The average Bonchev–Trinajstić information content (AvgIpc) is 3.49. The van der Waals surface area contributed by atoms with Gasteiger partial charge in [-0.05, 0) is 19.4 Å². The van der Waals surface area contributed by atoms with Crippen molar-refractivity contribution in [3.63, 3.8) is 0 Å². The number of allylic oxidation sites excluding steroid dienone is 3. The molecule has 2 amide bonds. The van der Waals surface area contributed by atoms with E-state index in [0.29, 0.717) is 18.7 Å². The highest BCUT2D eigenvalue weighted by molar-refractivity contribution is 5.89. The lowest BCUT2D eigenvalue weighted by Crippen LogP contribution is -2.50. The fraction of sp³-hybridized carbons (Fsp3) is 0.414. The second-order valence-corrected chi connectivity index (χ2v) is 8.35. The summed E-state index contributed by atoms with van der Waals surface area (Å²) in [5.41, 5.74) is 1.53. The van der Waals surface area contributed by atoms with Crippen LogP contribution in [0.1, 0.15) is 32.3 Å². The first kappa shape index (κ1) is 33.8. The lowest BCUT2D eigenvalue weighted by atomic mass is 10.1. The number of amides is 2. The van der Waals surface area contributed by atoms with Crippen LogP contribution in [0.5, 0.6) is 0 Å². The van der Waals surface area contributed by atoms with E-state index in [4.69, 9.17) is 4.74 Å². The maximum absolute atomic E-state index is 13.1. The largest absolute Gasteiger partial charge is 0.468 e. The second-order valence-electron chi connectivity index (χ2n) is 8.35. The Kier molecular flexibility index (Phi) is 17.5. The minimum absolute atomic E-state index is 0.0822. The number of nitrogens with zero attached hydrogens (tertiary/aromatic N) is 2. The van der Waals surface area contributed by atoms with Gasteiger partial charge in [0.25, 0.3) is 0 Å². The van der Waals surface area contributed by atoms with Crippen molar-refractivity contribution in [2.45, 2.75) is 39.3 Å². The summed E-state index contributed by atoms with van der Waals surface area (Å²) in [5, 5.41) is 5.49. The van der Waals surface area contributed by atoms with E-state index in [9.17, 15) is 19.2 Å². The number of carbonyl (C=O) groups excluding carboxylic acids is 4. The molecule has 1 aromatic rings. The number of carbonyl (C=O) groups is 4. The third-order valence-corrected chi connectivity index (χ3v) is 5.35. The molecule has 1 atom stereocenters. The molecule has 0 bridgehead atoms. The molecule has 0 spiro atoms. The molecule has 0 saturated carbocycles. The first-order valence-electron chi connectivity index (χ1n) is 12.9. The Hall–Kier alpha value is -4.25. The van der Waals surface area contributed by atoms with Crippen molar-refractivity contribution in [1.29, 1.82) is 0 Å². The van der Waals surface area contributed by atoms with Crippen LogP contribution in [0.15, 0.2) is 71.4 Å². The SMILES string of the molecule is C/C=C/CN(CC(=O)OC)C(=O)[C@H](CC1=CCC=N1)NC(=O)OCc1ccccc1.C/C=C/CNCC(=O)OC. The van der Waals surface area contributed by atoms with Crippen molar-refractivity contribution in [3.05, 3.63) is 72.0 Å². The van der Waals surface area contributed by atoms with Crippen molar-refractivity contribution in [3.8, 4) is 0 Å². The van der Waals surface area contributed by atoms with Gasteiger partial charge in [0.15, 0.2) is 0 Å². The van der Waals surface area contributed by atoms with E-state index in [1.165, 1.54) is 19.1 Å². The molecule has 0 unspecified atom stereocenters. The van der Waals surface area contributed by atoms with Gasteiger partial charge in [0.05, 0.1) is 20.8 Å². The van der Waals surface area contributed by atoms with E-state index in [2.05, 4.69) is 25.1 Å². The summed E-state index contributed by atoms with van der Waals surface area (Å²) < 4.78 is 14.3. The summed E-state index contributed by atoms with van der Waals surface area (Å²) in [5.74, 6) is -1.20. The van der Waals surface area contributed by atoms with E-state index in [0.717, 1.165) is 5.56 Å². The smallest absolute Gasteiger partial charge is 0.408 e. The monoisotopic (exact) mass is 556 g/mol. The highest BCUT2D eigenvalue weighted by atomic mass is 16.5. The van der Waals surface area contributed by atoms with Crippen LogP contribution in [0.2, 0.25) is 0 Å². The zero-order valence-electron chi connectivity index (χ0n) is 23.6. The van der Waals surface area contributed by atoms with Crippen molar-refractivity contribution < 1.29 is 33.4 Å². The van der Waals surface area contributed by atoms with E-state index < -0.39 is 24.0 Å². The van der Waals surface area contributed by atoms with Crippen LogP contribution in [-0.2, 0) is 35.2 Å². The molecule has 11 nitrogen and oxygen atoms in total.